The Labute approximate surface area is 205 Å². The summed E-state index contributed by atoms with van der Waals surface area (Å²) < 4.78 is 15.8. The number of rotatable bonds is 8. The Morgan fingerprint density at radius 1 is 1.14 bits per heavy atom. The lowest BCUT2D eigenvalue weighted by Gasteiger charge is -2.28. The summed E-state index contributed by atoms with van der Waals surface area (Å²) in [6, 6.07) is 15.3. The van der Waals surface area contributed by atoms with Gasteiger partial charge in [-0.05, 0) is 17.7 Å². The van der Waals surface area contributed by atoms with E-state index in [-0.39, 0.29) is 17.1 Å². The van der Waals surface area contributed by atoms with Crippen LogP contribution in [0.4, 0.5) is 16.4 Å². The maximum Gasteiger partial charge on any atom is 0.348 e. The van der Waals surface area contributed by atoms with Crippen LogP contribution in [0, 0.1) is 10.1 Å². The van der Waals surface area contributed by atoms with Crippen LogP contribution < -0.4 is 15.0 Å². The fraction of sp³-hybridized carbons (Fsp3) is 0.250. The fourth-order valence-corrected chi connectivity index (χ4v) is 4.72. The smallest absolute Gasteiger partial charge is 0.348 e. The number of morpholine rings is 1. The van der Waals surface area contributed by atoms with Gasteiger partial charge >= 0.3 is 5.97 Å². The molecule has 182 valence electrons. The molecule has 11 heteroatoms. The number of nitro groups is 1. The zero-order chi connectivity index (χ0) is 24.8. The molecule has 1 fully saturated rings. The van der Waals surface area contributed by atoms with Crippen molar-refractivity contribution in [3.63, 3.8) is 0 Å². The molecule has 10 nitrogen and oxygen atoms in total. The first-order chi connectivity index (χ1) is 17.0. The molecule has 1 amide bonds. The summed E-state index contributed by atoms with van der Waals surface area (Å²) in [6.45, 7) is 2.13. The maximum atomic E-state index is 12.8. The standard InChI is InChI=1S/C24H23N3O7S/c1-32-20-13-17(27(30)31)7-8-19(20)25-22(28)15-34-24(29)21-14-18(16-5-3-2-4-6-16)23(35-21)26-9-11-33-12-10-26/h2-8,13-14H,9-12,15H2,1H3,(H,25,28). The van der Waals surface area contributed by atoms with Crippen molar-refractivity contribution < 1.29 is 28.7 Å². The Balaban J connectivity index is 1.46. The summed E-state index contributed by atoms with van der Waals surface area (Å²) in [6.07, 6.45) is 0. The van der Waals surface area contributed by atoms with Crippen molar-refractivity contribution in [1.29, 1.82) is 0 Å². The predicted octanol–water partition coefficient (Wildman–Crippen LogP) is 3.96. The van der Waals surface area contributed by atoms with Crippen LogP contribution in [0.1, 0.15) is 9.67 Å². The molecule has 4 rings (SSSR count). The second kappa shape index (κ2) is 11.0. The number of carbonyl (C=O) groups excluding carboxylic acids is 2. The van der Waals surface area contributed by atoms with E-state index < -0.39 is 23.4 Å². The summed E-state index contributed by atoms with van der Waals surface area (Å²) in [7, 11) is 1.34. The van der Waals surface area contributed by atoms with Gasteiger partial charge in [-0.15, -0.1) is 11.3 Å². The molecule has 35 heavy (non-hydrogen) atoms. The van der Waals surface area contributed by atoms with Crippen LogP contribution in [0.2, 0.25) is 0 Å². The summed E-state index contributed by atoms with van der Waals surface area (Å²) >= 11 is 1.32. The molecule has 0 spiro atoms. The third kappa shape index (κ3) is 5.76. The molecule has 1 aromatic heterocycles. The van der Waals surface area contributed by atoms with Crippen LogP contribution in [0.15, 0.2) is 54.6 Å². The van der Waals surface area contributed by atoms with Crippen molar-refractivity contribution >= 4 is 39.6 Å². The second-order valence-corrected chi connectivity index (χ2v) is 8.59. The molecule has 0 aliphatic carbocycles. The summed E-state index contributed by atoms with van der Waals surface area (Å²) in [5.41, 5.74) is 1.96. The Hall–Kier alpha value is -3.96. The molecule has 2 aromatic carbocycles. The van der Waals surface area contributed by atoms with Crippen molar-refractivity contribution in [2.24, 2.45) is 0 Å². The molecular formula is C24H23N3O7S. The van der Waals surface area contributed by atoms with Gasteiger partial charge in [0.1, 0.15) is 10.6 Å². The average molecular weight is 498 g/mol. The minimum absolute atomic E-state index is 0.125. The van der Waals surface area contributed by atoms with E-state index in [9.17, 15) is 19.7 Å². The molecule has 3 aromatic rings. The van der Waals surface area contributed by atoms with E-state index in [2.05, 4.69) is 10.2 Å². The zero-order valence-electron chi connectivity index (χ0n) is 18.9. The number of hydrogen-bond acceptors (Lipinski definition) is 9. The molecule has 1 aliphatic heterocycles. The van der Waals surface area contributed by atoms with Gasteiger partial charge in [-0.25, -0.2) is 4.79 Å². The molecule has 2 heterocycles. The van der Waals surface area contributed by atoms with E-state index in [0.717, 1.165) is 16.1 Å². The van der Waals surface area contributed by atoms with Gasteiger partial charge in [0.2, 0.25) is 0 Å². The van der Waals surface area contributed by atoms with Crippen molar-refractivity contribution in [2.75, 3.05) is 50.2 Å². The Morgan fingerprint density at radius 2 is 1.89 bits per heavy atom. The number of benzene rings is 2. The molecule has 0 unspecified atom stereocenters. The molecular weight excluding hydrogens is 474 g/mol. The molecule has 0 saturated carbocycles. The Morgan fingerprint density at radius 3 is 2.57 bits per heavy atom. The molecule has 1 N–H and O–H groups in total. The number of nitrogens with zero attached hydrogens (tertiary/aromatic N) is 2. The van der Waals surface area contributed by atoms with Gasteiger partial charge in [0.05, 0.1) is 42.0 Å². The van der Waals surface area contributed by atoms with E-state index in [4.69, 9.17) is 14.2 Å². The highest BCUT2D eigenvalue weighted by molar-refractivity contribution is 7.18. The van der Waals surface area contributed by atoms with Crippen LogP contribution >= 0.6 is 11.3 Å². The molecule has 0 bridgehead atoms. The van der Waals surface area contributed by atoms with Gasteiger partial charge in [-0.2, -0.15) is 0 Å². The lowest BCUT2D eigenvalue weighted by Crippen LogP contribution is -2.35. The highest BCUT2D eigenvalue weighted by Gasteiger charge is 2.23. The van der Waals surface area contributed by atoms with Crippen LogP contribution in [0.25, 0.3) is 11.1 Å². The fourth-order valence-electron chi connectivity index (χ4n) is 3.59. The summed E-state index contributed by atoms with van der Waals surface area (Å²) in [5.74, 6) is -1.09. The molecule has 1 saturated heterocycles. The number of nitrogens with one attached hydrogen (secondary N) is 1. The van der Waals surface area contributed by atoms with E-state index in [1.54, 1.807) is 6.07 Å². The third-order valence-electron chi connectivity index (χ3n) is 5.30. The number of amides is 1. The number of thiophene rings is 1. The van der Waals surface area contributed by atoms with Gasteiger partial charge in [-0.3, -0.25) is 14.9 Å². The molecule has 1 aliphatic rings. The quantitative estimate of drug-likeness (QED) is 0.282. The van der Waals surface area contributed by atoms with Crippen molar-refractivity contribution in [2.45, 2.75) is 0 Å². The average Bonchev–Trinajstić information content (AvgIpc) is 3.34. The summed E-state index contributed by atoms with van der Waals surface area (Å²) in [5, 5.41) is 14.4. The number of methoxy groups -OCH3 is 1. The first kappa shape index (κ1) is 24.2. The molecule has 0 radical (unpaired) electrons. The second-order valence-electron chi connectivity index (χ2n) is 7.56. The number of hydrogen-bond donors (Lipinski definition) is 1. The van der Waals surface area contributed by atoms with Crippen molar-refractivity contribution in [3.8, 4) is 16.9 Å². The highest BCUT2D eigenvalue weighted by atomic mass is 32.1. The Bertz CT molecular complexity index is 1220. The maximum absolute atomic E-state index is 12.8. The minimum atomic E-state index is -0.613. The lowest BCUT2D eigenvalue weighted by atomic mass is 10.1. The topological polar surface area (TPSA) is 120 Å². The van der Waals surface area contributed by atoms with Gasteiger partial charge in [0, 0.05) is 24.7 Å². The monoisotopic (exact) mass is 497 g/mol. The first-order valence-corrected chi connectivity index (χ1v) is 11.6. The normalized spacial score (nSPS) is 13.2. The van der Waals surface area contributed by atoms with E-state index in [1.165, 1.54) is 36.6 Å². The van der Waals surface area contributed by atoms with Crippen molar-refractivity contribution in [3.05, 3.63) is 69.6 Å². The largest absolute Gasteiger partial charge is 0.494 e. The van der Waals surface area contributed by atoms with Gasteiger partial charge < -0.3 is 24.4 Å². The number of carbonyl (C=O) groups is 2. The van der Waals surface area contributed by atoms with Crippen LogP contribution in [-0.4, -0.2) is 56.8 Å². The van der Waals surface area contributed by atoms with E-state index in [1.807, 2.05) is 30.3 Å². The summed E-state index contributed by atoms with van der Waals surface area (Å²) in [4.78, 5) is 38.1. The molecule has 0 atom stereocenters. The lowest BCUT2D eigenvalue weighted by molar-refractivity contribution is -0.384. The first-order valence-electron chi connectivity index (χ1n) is 10.8. The van der Waals surface area contributed by atoms with Crippen LogP contribution in [0.5, 0.6) is 5.75 Å². The third-order valence-corrected chi connectivity index (χ3v) is 6.48. The van der Waals surface area contributed by atoms with Crippen molar-refractivity contribution in [1.82, 2.24) is 0 Å². The Kier molecular flexibility index (Phi) is 7.58. The number of nitro benzene ring substituents is 1. The van der Waals surface area contributed by atoms with Crippen LogP contribution in [0.3, 0.4) is 0 Å². The van der Waals surface area contributed by atoms with Gasteiger partial charge in [0.15, 0.2) is 6.61 Å². The minimum Gasteiger partial charge on any atom is -0.494 e. The highest BCUT2D eigenvalue weighted by Crippen LogP contribution is 2.39. The van der Waals surface area contributed by atoms with Gasteiger partial charge in [0.25, 0.3) is 11.6 Å². The van der Waals surface area contributed by atoms with E-state index in [0.29, 0.717) is 31.2 Å². The van der Waals surface area contributed by atoms with Gasteiger partial charge in [-0.1, -0.05) is 30.3 Å². The number of esters is 1. The predicted molar refractivity (Wildman–Crippen MR) is 131 cm³/mol. The number of anilines is 2. The zero-order valence-corrected chi connectivity index (χ0v) is 19.7. The van der Waals surface area contributed by atoms with E-state index >= 15 is 0 Å². The number of ether oxygens (including phenoxy) is 3. The number of non-ortho nitro benzene ring substituents is 1. The SMILES string of the molecule is COc1cc([N+](=O)[O-])ccc1NC(=O)COC(=O)c1cc(-c2ccccc2)c(N2CCOCC2)s1. The van der Waals surface area contributed by atoms with Crippen LogP contribution in [-0.2, 0) is 14.3 Å².